The number of carbonyl (C=O) groups is 3. The van der Waals surface area contributed by atoms with Gasteiger partial charge in [0.05, 0.1) is 23.6 Å². The molecule has 0 aliphatic carbocycles. The molecule has 4 atom stereocenters. The van der Waals surface area contributed by atoms with Gasteiger partial charge in [-0.3, -0.25) is 19.3 Å². The summed E-state index contributed by atoms with van der Waals surface area (Å²) in [6.45, 7) is -0.0616. The first kappa shape index (κ1) is 17.9. The number of rotatable bonds is 3. The van der Waals surface area contributed by atoms with Gasteiger partial charge in [-0.2, -0.15) is 0 Å². The molecule has 2 fully saturated rings. The summed E-state index contributed by atoms with van der Waals surface area (Å²) in [7, 11) is 0. The van der Waals surface area contributed by atoms with Crippen molar-refractivity contribution in [3.63, 3.8) is 0 Å². The van der Waals surface area contributed by atoms with E-state index < -0.39 is 41.5 Å². The zero-order chi connectivity index (χ0) is 20.3. The molecule has 0 spiro atoms. The minimum atomic E-state index is -0.872. The van der Waals surface area contributed by atoms with Crippen LogP contribution < -0.4 is 4.90 Å². The van der Waals surface area contributed by atoms with Gasteiger partial charge < -0.3 is 0 Å². The second kappa shape index (κ2) is 6.42. The van der Waals surface area contributed by atoms with Crippen LogP contribution >= 0.6 is 0 Å². The van der Waals surface area contributed by atoms with E-state index in [4.69, 9.17) is 0 Å². The lowest BCUT2D eigenvalue weighted by molar-refractivity contribution is -0.129. The monoisotopic (exact) mass is 394 g/mol. The molecule has 0 radical (unpaired) electrons. The topological polar surface area (TPSA) is 57.7 Å². The van der Waals surface area contributed by atoms with Crippen LogP contribution in [0, 0.1) is 23.5 Å². The van der Waals surface area contributed by atoms with Crippen LogP contribution in [0.5, 0.6) is 0 Å². The van der Waals surface area contributed by atoms with E-state index >= 15 is 0 Å². The molecule has 0 unspecified atom stereocenters. The molecular weight excluding hydrogens is 378 g/mol. The van der Waals surface area contributed by atoms with Gasteiger partial charge in [-0.05, 0) is 36.4 Å². The highest BCUT2D eigenvalue weighted by Crippen LogP contribution is 2.47. The molecular formula is C22H16F2N2O3. The molecule has 2 aromatic rings. The Balaban J connectivity index is 1.53. The summed E-state index contributed by atoms with van der Waals surface area (Å²) < 4.78 is 27.8. The fourth-order valence-corrected chi connectivity index (χ4v) is 4.76. The molecule has 3 heterocycles. The first-order chi connectivity index (χ1) is 14.0. The maximum Gasteiger partial charge on any atom is 0.239 e. The van der Waals surface area contributed by atoms with Gasteiger partial charge >= 0.3 is 0 Å². The molecule has 3 aliphatic rings. The summed E-state index contributed by atoms with van der Waals surface area (Å²) in [6, 6.07) is 10.3. The van der Waals surface area contributed by atoms with Crippen molar-refractivity contribution >= 4 is 23.3 Å². The van der Waals surface area contributed by atoms with E-state index in [9.17, 15) is 23.2 Å². The third-order valence-corrected chi connectivity index (χ3v) is 5.97. The highest BCUT2D eigenvalue weighted by molar-refractivity contribution is 6.24. The number of ketones is 1. The minimum absolute atomic E-state index is 0.0616. The first-order valence-electron chi connectivity index (χ1n) is 9.32. The number of anilines is 1. The number of halogens is 2. The van der Waals surface area contributed by atoms with Crippen molar-refractivity contribution in [1.29, 1.82) is 0 Å². The van der Waals surface area contributed by atoms with Crippen LogP contribution in [0.3, 0.4) is 0 Å². The maximum absolute atomic E-state index is 14.2. The van der Waals surface area contributed by atoms with E-state index in [1.54, 1.807) is 41.3 Å². The van der Waals surface area contributed by atoms with Crippen LogP contribution in [0.4, 0.5) is 14.5 Å². The number of carbonyl (C=O) groups excluding carboxylic acids is 3. The Kier molecular flexibility index (Phi) is 3.96. The Bertz CT molecular complexity index is 1070. The van der Waals surface area contributed by atoms with E-state index in [0.29, 0.717) is 5.69 Å². The molecule has 5 rings (SSSR count). The van der Waals surface area contributed by atoms with E-state index in [-0.39, 0.29) is 23.8 Å². The second-order valence-electron chi connectivity index (χ2n) is 7.50. The average molecular weight is 394 g/mol. The zero-order valence-corrected chi connectivity index (χ0v) is 15.2. The molecule has 2 saturated heterocycles. The normalized spacial score (nSPS) is 28.3. The maximum atomic E-state index is 14.2. The van der Waals surface area contributed by atoms with Crippen LogP contribution in [0.15, 0.2) is 60.7 Å². The van der Waals surface area contributed by atoms with E-state index in [1.807, 2.05) is 0 Å². The van der Waals surface area contributed by atoms with Crippen molar-refractivity contribution in [2.45, 2.75) is 18.6 Å². The van der Waals surface area contributed by atoms with Crippen LogP contribution in [0.25, 0.3) is 0 Å². The van der Waals surface area contributed by atoms with Gasteiger partial charge in [0.25, 0.3) is 0 Å². The predicted octanol–water partition coefficient (Wildman–Crippen LogP) is 2.46. The number of benzene rings is 2. The molecule has 3 aliphatic heterocycles. The third kappa shape index (κ3) is 2.57. The fourth-order valence-electron chi connectivity index (χ4n) is 4.76. The van der Waals surface area contributed by atoms with Gasteiger partial charge in [-0.1, -0.05) is 24.3 Å². The van der Waals surface area contributed by atoms with Gasteiger partial charge in [0.2, 0.25) is 11.8 Å². The molecule has 0 aromatic heterocycles. The Labute approximate surface area is 165 Å². The van der Waals surface area contributed by atoms with Gasteiger partial charge in [0.1, 0.15) is 11.6 Å². The van der Waals surface area contributed by atoms with Crippen molar-refractivity contribution in [3.05, 3.63) is 77.9 Å². The minimum Gasteiger partial charge on any atom is -0.293 e. The van der Waals surface area contributed by atoms with Crippen LogP contribution in [-0.2, 0) is 20.9 Å². The Morgan fingerprint density at radius 3 is 2.38 bits per heavy atom. The van der Waals surface area contributed by atoms with E-state index in [2.05, 4.69) is 0 Å². The lowest BCUT2D eigenvalue weighted by Crippen LogP contribution is -2.48. The van der Waals surface area contributed by atoms with Gasteiger partial charge in [0.15, 0.2) is 5.78 Å². The van der Waals surface area contributed by atoms with Crippen LogP contribution in [0.1, 0.15) is 5.56 Å². The van der Waals surface area contributed by atoms with Crippen molar-refractivity contribution < 1.29 is 23.2 Å². The van der Waals surface area contributed by atoms with Crippen LogP contribution in [-0.4, -0.2) is 34.6 Å². The number of hydrogen-bond acceptors (Lipinski definition) is 4. The molecule has 2 amide bonds. The van der Waals surface area contributed by atoms with Crippen molar-refractivity contribution in [1.82, 2.24) is 4.90 Å². The molecule has 0 saturated carbocycles. The lowest BCUT2D eigenvalue weighted by atomic mass is 9.90. The largest absolute Gasteiger partial charge is 0.293 e. The summed E-state index contributed by atoms with van der Waals surface area (Å²) >= 11 is 0. The SMILES string of the molecule is O=C1C=C[C@H]2[C@H]3C(=O)N(c4ccccc4)C(=O)[C@H]3[C@@H]1N2Cc1cc(F)ccc1F. The number of nitrogens with zero attached hydrogens (tertiary/aromatic N) is 2. The van der Waals surface area contributed by atoms with Gasteiger partial charge in [0, 0.05) is 18.2 Å². The van der Waals surface area contributed by atoms with Crippen LogP contribution in [0.2, 0.25) is 0 Å². The summed E-state index contributed by atoms with van der Waals surface area (Å²) in [5, 5.41) is 0. The predicted molar refractivity (Wildman–Crippen MR) is 99.5 cm³/mol. The second-order valence-corrected chi connectivity index (χ2v) is 7.50. The lowest BCUT2D eigenvalue weighted by Gasteiger charge is -2.33. The smallest absolute Gasteiger partial charge is 0.239 e. The van der Waals surface area contributed by atoms with Crippen molar-refractivity contribution in [2.24, 2.45) is 11.8 Å². The molecule has 29 heavy (non-hydrogen) atoms. The summed E-state index contributed by atoms with van der Waals surface area (Å²) in [5.74, 6) is -3.86. The van der Waals surface area contributed by atoms with Gasteiger partial charge in [-0.25, -0.2) is 13.7 Å². The van der Waals surface area contributed by atoms with Crippen molar-refractivity contribution in [3.8, 4) is 0 Å². The average Bonchev–Trinajstić information content (AvgIpc) is 3.09. The Morgan fingerprint density at radius 1 is 0.897 bits per heavy atom. The number of hydrogen-bond donors (Lipinski definition) is 0. The Morgan fingerprint density at radius 2 is 1.62 bits per heavy atom. The number of imide groups is 1. The summed E-state index contributed by atoms with van der Waals surface area (Å²) in [4.78, 5) is 41.8. The highest BCUT2D eigenvalue weighted by Gasteiger charge is 2.64. The Hall–Kier alpha value is -3.19. The summed E-state index contributed by atoms with van der Waals surface area (Å²) in [6.07, 6.45) is 2.99. The number of fused-ring (bicyclic) bond motifs is 5. The van der Waals surface area contributed by atoms with Gasteiger partial charge in [-0.15, -0.1) is 0 Å². The molecule has 7 heteroatoms. The molecule has 2 bridgehead atoms. The standard InChI is InChI=1S/C22H16F2N2O3/c23-13-6-7-15(24)12(10-13)11-25-16-8-9-17(27)20(25)19-18(16)21(28)26(22(19)29)14-4-2-1-3-5-14/h1-10,16,18-20H,11H2/t16-,18+,19+,20+/m0/s1. The third-order valence-electron chi connectivity index (χ3n) is 5.97. The van der Waals surface area contributed by atoms with E-state index in [1.165, 1.54) is 6.08 Å². The molecule has 0 N–H and O–H groups in total. The number of amides is 2. The first-order valence-corrected chi connectivity index (χ1v) is 9.32. The molecule has 2 aromatic carbocycles. The van der Waals surface area contributed by atoms with E-state index in [0.717, 1.165) is 23.1 Å². The molecule has 146 valence electrons. The number of para-hydroxylation sites is 1. The quantitative estimate of drug-likeness (QED) is 0.751. The fraction of sp³-hybridized carbons (Fsp3) is 0.227. The van der Waals surface area contributed by atoms with Crippen molar-refractivity contribution in [2.75, 3.05) is 4.90 Å². The summed E-state index contributed by atoms with van der Waals surface area (Å²) in [5.41, 5.74) is 0.553. The molecule has 5 nitrogen and oxygen atoms in total. The zero-order valence-electron chi connectivity index (χ0n) is 15.2. The highest BCUT2D eigenvalue weighted by atomic mass is 19.1.